The molecule has 0 fully saturated rings. The first kappa shape index (κ1) is 17.2. The number of carbonyl (C=O) groups is 1. The van der Waals surface area contributed by atoms with Gasteiger partial charge in [0.15, 0.2) is 0 Å². The molecule has 1 rings (SSSR count). The summed E-state index contributed by atoms with van der Waals surface area (Å²) in [5, 5.41) is 22.2. The third kappa shape index (κ3) is 6.94. The van der Waals surface area contributed by atoms with Crippen LogP contribution >= 0.6 is 0 Å². The van der Waals surface area contributed by atoms with E-state index in [0.29, 0.717) is 6.42 Å². The number of aliphatic carboxylic acids is 1. The molecule has 0 aliphatic carbocycles. The SMILES string of the molecule is CC(C)C[C@H](NC[C@](C)(O)C#Cc1ccccc1)C(=O)O. The number of carboxylic acid groups (broad SMARTS) is 1. The van der Waals surface area contributed by atoms with E-state index < -0.39 is 17.6 Å². The van der Waals surface area contributed by atoms with Gasteiger partial charge in [0.1, 0.15) is 11.6 Å². The summed E-state index contributed by atoms with van der Waals surface area (Å²) in [7, 11) is 0. The molecule has 0 aliphatic heterocycles. The smallest absolute Gasteiger partial charge is 0.320 e. The predicted octanol–water partition coefficient (Wildman–Crippen LogP) is 1.88. The van der Waals surface area contributed by atoms with Crippen molar-refractivity contribution in [2.75, 3.05) is 6.54 Å². The zero-order valence-electron chi connectivity index (χ0n) is 12.8. The minimum absolute atomic E-state index is 0.108. The summed E-state index contributed by atoms with van der Waals surface area (Å²) in [5.41, 5.74) is -0.463. The molecule has 0 bridgehead atoms. The summed E-state index contributed by atoms with van der Waals surface area (Å²) in [5.74, 6) is 5.02. The van der Waals surface area contributed by atoms with Crippen LogP contribution in [0, 0.1) is 17.8 Å². The summed E-state index contributed by atoms with van der Waals surface area (Å²) >= 11 is 0. The maximum atomic E-state index is 11.2. The van der Waals surface area contributed by atoms with Gasteiger partial charge in [-0.1, -0.05) is 43.9 Å². The molecule has 0 amide bonds. The van der Waals surface area contributed by atoms with Crippen LogP contribution < -0.4 is 5.32 Å². The van der Waals surface area contributed by atoms with Crippen LogP contribution in [0.5, 0.6) is 0 Å². The lowest BCUT2D eigenvalue weighted by Crippen LogP contribution is -2.45. The molecule has 4 heteroatoms. The maximum Gasteiger partial charge on any atom is 0.320 e. The minimum atomic E-state index is -1.28. The molecule has 0 saturated carbocycles. The van der Waals surface area contributed by atoms with Crippen molar-refractivity contribution in [2.45, 2.75) is 38.8 Å². The van der Waals surface area contributed by atoms with Gasteiger partial charge in [0, 0.05) is 12.1 Å². The molecule has 0 unspecified atom stereocenters. The molecule has 0 spiro atoms. The summed E-state index contributed by atoms with van der Waals surface area (Å²) in [6.07, 6.45) is 0.511. The Hall–Kier alpha value is -1.83. The van der Waals surface area contributed by atoms with E-state index in [9.17, 15) is 9.90 Å². The first-order chi connectivity index (χ1) is 9.80. The largest absolute Gasteiger partial charge is 0.480 e. The number of nitrogens with one attached hydrogen (secondary N) is 1. The Labute approximate surface area is 126 Å². The van der Waals surface area contributed by atoms with Crippen LogP contribution in [-0.2, 0) is 4.79 Å². The van der Waals surface area contributed by atoms with Gasteiger partial charge in [0.25, 0.3) is 0 Å². The second-order valence-electron chi connectivity index (χ2n) is 5.79. The maximum absolute atomic E-state index is 11.2. The van der Waals surface area contributed by atoms with Crippen LogP contribution in [0.4, 0.5) is 0 Å². The summed E-state index contributed by atoms with van der Waals surface area (Å²) in [4.78, 5) is 11.2. The van der Waals surface area contributed by atoms with Gasteiger partial charge in [-0.3, -0.25) is 4.79 Å². The Morgan fingerprint density at radius 1 is 1.33 bits per heavy atom. The molecule has 21 heavy (non-hydrogen) atoms. The van der Waals surface area contributed by atoms with E-state index >= 15 is 0 Å². The third-order valence-electron chi connectivity index (χ3n) is 2.95. The van der Waals surface area contributed by atoms with Crippen molar-refractivity contribution in [1.82, 2.24) is 5.32 Å². The van der Waals surface area contributed by atoms with Crippen LogP contribution in [0.3, 0.4) is 0 Å². The standard InChI is InChI=1S/C17H23NO3/c1-13(2)11-15(16(19)20)18-12-17(3,21)10-9-14-7-5-4-6-8-14/h4-8,13,15,18,21H,11-12H2,1-3H3,(H,19,20)/t15-,17+/m0/s1. The zero-order valence-corrected chi connectivity index (χ0v) is 12.8. The molecule has 0 radical (unpaired) electrons. The zero-order chi connectivity index (χ0) is 15.9. The number of rotatable bonds is 6. The average Bonchev–Trinajstić information content (AvgIpc) is 2.42. The highest BCUT2D eigenvalue weighted by molar-refractivity contribution is 5.73. The first-order valence-corrected chi connectivity index (χ1v) is 7.07. The Morgan fingerprint density at radius 2 is 1.95 bits per heavy atom. The molecule has 0 saturated heterocycles. The fraction of sp³-hybridized carbons (Fsp3) is 0.471. The Morgan fingerprint density at radius 3 is 2.48 bits per heavy atom. The lowest BCUT2D eigenvalue weighted by atomic mass is 10.0. The Bertz CT molecular complexity index is 512. The molecule has 1 aromatic carbocycles. The molecular formula is C17H23NO3. The normalized spacial score (nSPS) is 14.9. The number of aliphatic hydroxyl groups is 1. The number of hydrogen-bond acceptors (Lipinski definition) is 3. The van der Waals surface area contributed by atoms with Gasteiger partial charge in [0.2, 0.25) is 0 Å². The minimum Gasteiger partial charge on any atom is -0.480 e. The van der Waals surface area contributed by atoms with Gasteiger partial charge in [-0.15, -0.1) is 0 Å². The average molecular weight is 289 g/mol. The molecule has 1 aromatic rings. The number of benzene rings is 1. The lowest BCUT2D eigenvalue weighted by Gasteiger charge is -2.22. The monoisotopic (exact) mass is 289 g/mol. The van der Waals surface area contributed by atoms with E-state index in [1.807, 2.05) is 44.2 Å². The summed E-state index contributed by atoms with van der Waals surface area (Å²) in [6, 6.07) is 8.69. The molecule has 2 atom stereocenters. The van der Waals surface area contributed by atoms with Gasteiger partial charge in [0.05, 0.1) is 0 Å². The van der Waals surface area contributed by atoms with Crippen LogP contribution in [0.15, 0.2) is 30.3 Å². The highest BCUT2D eigenvalue weighted by Crippen LogP contribution is 2.07. The summed E-state index contributed by atoms with van der Waals surface area (Å²) in [6.45, 7) is 5.61. The topological polar surface area (TPSA) is 69.6 Å². The molecular weight excluding hydrogens is 266 g/mol. The molecule has 4 nitrogen and oxygen atoms in total. The van der Waals surface area contributed by atoms with Crippen molar-refractivity contribution in [3.63, 3.8) is 0 Å². The van der Waals surface area contributed by atoms with Crippen molar-refractivity contribution in [3.05, 3.63) is 35.9 Å². The van der Waals surface area contributed by atoms with Gasteiger partial charge in [-0.05, 0) is 31.4 Å². The second kappa shape index (κ2) is 7.82. The fourth-order valence-electron chi connectivity index (χ4n) is 1.84. The van der Waals surface area contributed by atoms with Gasteiger partial charge in [-0.2, -0.15) is 0 Å². The fourth-order valence-corrected chi connectivity index (χ4v) is 1.84. The van der Waals surface area contributed by atoms with Crippen LogP contribution in [0.2, 0.25) is 0 Å². The van der Waals surface area contributed by atoms with Crippen molar-refractivity contribution in [1.29, 1.82) is 0 Å². The van der Waals surface area contributed by atoms with Crippen LogP contribution in [0.25, 0.3) is 0 Å². The summed E-state index contributed by atoms with van der Waals surface area (Å²) < 4.78 is 0. The van der Waals surface area contributed by atoms with E-state index in [2.05, 4.69) is 17.2 Å². The second-order valence-corrected chi connectivity index (χ2v) is 5.79. The van der Waals surface area contributed by atoms with Gasteiger partial charge < -0.3 is 15.5 Å². The molecule has 114 valence electrons. The molecule has 0 aliphatic rings. The Kier molecular flexibility index (Phi) is 6.41. The Balaban J connectivity index is 2.63. The van der Waals surface area contributed by atoms with Crippen molar-refractivity contribution in [3.8, 4) is 11.8 Å². The molecule has 0 heterocycles. The van der Waals surface area contributed by atoms with Crippen molar-refractivity contribution >= 4 is 5.97 Å². The first-order valence-electron chi connectivity index (χ1n) is 7.07. The third-order valence-corrected chi connectivity index (χ3v) is 2.95. The van der Waals surface area contributed by atoms with Gasteiger partial charge >= 0.3 is 5.97 Å². The van der Waals surface area contributed by atoms with Crippen molar-refractivity contribution in [2.24, 2.45) is 5.92 Å². The predicted molar refractivity (Wildman–Crippen MR) is 82.8 cm³/mol. The van der Waals surface area contributed by atoms with E-state index in [1.165, 1.54) is 0 Å². The van der Waals surface area contributed by atoms with E-state index in [4.69, 9.17) is 5.11 Å². The van der Waals surface area contributed by atoms with Crippen LogP contribution in [-0.4, -0.2) is 34.4 Å². The molecule has 0 aromatic heterocycles. The van der Waals surface area contributed by atoms with E-state index in [-0.39, 0.29) is 12.5 Å². The number of hydrogen-bond donors (Lipinski definition) is 3. The molecule has 3 N–H and O–H groups in total. The highest BCUT2D eigenvalue weighted by Gasteiger charge is 2.23. The quantitative estimate of drug-likeness (QED) is 0.699. The van der Waals surface area contributed by atoms with Crippen molar-refractivity contribution < 1.29 is 15.0 Å². The van der Waals surface area contributed by atoms with Crippen LogP contribution in [0.1, 0.15) is 32.8 Å². The number of carboxylic acids is 1. The van der Waals surface area contributed by atoms with Gasteiger partial charge in [-0.25, -0.2) is 0 Å². The van der Waals surface area contributed by atoms with E-state index in [0.717, 1.165) is 5.56 Å². The van der Waals surface area contributed by atoms with E-state index in [1.54, 1.807) is 6.92 Å². The lowest BCUT2D eigenvalue weighted by molar-refractivity contribution is -0.140. The highest BCUT2D eigenvalue weighted by atomic mass is 16.4.